The van der Waals surface area contributed by atoms with Gasteiger partial charge in [0.05, 0.1) is 6.61 Å². The van der Waals surface area contributed by atoms with E-state index in [9.17, 15) is 4.79 Å². The molecule has 0 heterocycles. The van der Waals surface area contributed by atoms with E-state index in [-0.39, 0.29) is 13.2 Å². The van der Waals surface area contributed by atoms with Gasteiger partial charge in [0, 0.05) is 6.54 Å². The van der Waals surface area contributed by atoms with Gasteiger partial charge in [-0.25, -0.2) is 10.6 Å². The first kappa shape index (κ1) is 7.19. The number of amides is 2. The number of nitrogens with two attached hydrogens (primary N) is 1. The second-order valence-corrected chi connectivity index (χ2v) is 1.12. The van der Waals surface area contributed by atoms with Gasteiger partial charge in [0.2, 0.25) is 0 Å². The fourth-order valence-electron chi connectivity index (χ4n) is 0.220. The van der Waals surface area contributed by atoms with E-state index in [4.69, 9.17) is 5.11 Å². The fourth-order valence-corrected chi connectivity index (χ4v) is 0.220. The molecule has 0 aliphatic rings. The minimum absolute atomic E-state index is 0.0760. The second-order valence-electron chi connectivity index (χ2n) is 1.12. The van der Waals surface area contributed by atoms with Crippen molar-refractivity contribution in [2.45, 2.75) is 0 Å². The number of rotatable bonds is 2. The summed E-state index contributed by atoms with van der Waals surface area (Å²) < 4.78 is 0. The molecule has 8 heavy (non-hydrogen) atoms. The highest BCUT2D eigenvalue weighted by molar-refractivity contribution is 5.72. The van der Waals surface area contributed by atoms with Crippen LogP contribution in [0.3, 0.4) is 0 Å². The van der Waals surface area contributed by atoms with Crippen molar-refractivity contribution in [2.24, 2.45) is 5.84 Å². The molecule has 2 amide bonds. The van der Waals surface area contributed by atoms with Crippen molar-refractivity contribution < 1.29 is 9.90 Å². The van der Waals surface area contributed by atoms with Crippen LogP contribution in [0, 0.1) is 0 Å². The molecule has 0 spiro atoms. The third-order valence-corrected chi connectivity index (χ3v) is 0.528. The van der Waals surface area contributed by atoms with Crippen molar-refractivity contribution in [1.82, 2.24) is 10.7 Å². The van der Waals surface area contributed by atoms with Crippen LogP contribution in [0.4, 0.5) is 4.79 Å². The minimum Gasteiger partial charge on any atom is -0.395 e. The van der Waals surface area contributed by atoms with E-state index in [1.54, 1.807) is 0 Å². The summed E-state index contributed by atoms with van der Waals surface area (Å²) in [6.45, 7) is 0.149. The number of aliphatic hydroxyl groups excluding tert-OH is 1. The Bertz CT molecular complexity index is 74.9. The van der Waals surface area contributed by atoms with Crippen LogP contribution in [-0.4, -0.2) is 24.3 Å². The minimum atomic E-state index is -0.487. The van der Waals surface area contributed by atoms with Crippen molar-refractivity contribution >= 4 is 6.03 Å². The topological polar surface area (TPSA) is 87.4 Å². The molecule has 0 aliphatic heterocycles. The molecule has 0 saturated heterocycles. The summed E-state index contributed by atoms with van der Waals surface area (Å²) in [6.07, 6.45) is 0. The number of hydrogen-bond acceptors (Lipinski definition) is 3. The summed E-state index contributed by atoms with van der Waals surface area (Å²) in [5.41, 5.74) is 1.84. The molecule has 0 fully saturated rings. The molecule has 5 nitrogen and oxygen atoms in total. The third-order valence-electron chi connectivity index (χ3n) is 0.528. The molecule has 0 aromatic rings. The highest BCUT2D eigenvalue weighted by Gasteiger charge is 1.90. The molecular weight excluding hydrogens is 110 g/mol. The SMILES string of the molecule is NNC(=O)NCCO. The van der Waals surface area contributed by atoms with Crippen LogP contribution < -0.4 is 16.6 Å². The molecule has 0 rings (SSSR count). The number of aliphatic hydroxyl groups is 1. The van der Waals surface area contributed by atoms with E-state index in [0.717, 1.165) is 0 Å². The average Bonchev–Trinajstić information content (AvgIpc) is 1.83. The van der Waals surface area contributed by atoms with Crippen LogP contribution in [-0.2, 0) is 0 Å². The summed E-state index contributed by atoms with van der Waals surface area (Å²) in [6, 6.07) is -0.487. The lowest BCUT2D eigenvalue weighted by Gasteiger charge is -1.98. The zero-order valence-electron chi connectivity index (χ0n) is 4.35. The number of urea groups is 1. The molecular formula is C3H9N3O2. The van der Waals surface area contributed by atoms with Crippen molar-refractivity contribution in [2.75, 3.05) is 13.2 Å². The standard InChI is InChI=1S/C3H9N3O2/c4-6-3(8)5-1-2-7/h7H,1-2,4H2,(H2,5,6,8). The quantitative estimate of drug-likeness (QED) is 0.195. The first-order chi connectivity index (χ1) is 3.81. The number of hydrazine groups is 1. The molecule has 0 radical (unpaired) electrons. The van der Waals surface area contributed by atoms with E-state index in [1.165, 1.54) is 0 Å². The molecule has 0 aromatic carbocycles. The lowest BCUT2D eigenvalue weighted by molar-refractivity contribution is 0.234. The summed E-state index contributed by atoms with van der Waals surface area (Å²) in [4.78, 5) is 10.1. The molecule has 48 valence electrons. The van der Waals surface area contributed by atoms with Gasteiger partial charge in [-0.2, -0.15) is 0 Å². The van der Waals surface area contributed by atoms with Crippen LogP contribution in [0.25, 0.3) is 0 Å². The molecule has 5 N–H and O–H groups in total. The zero-order chi connectivity index (χ0) is 6.41. The number of carbonyl (C=O) groups excluding carboxylic acids is 1. The van der Waals surface area contributed by atoms with E-state index in [2.05, 4.69) is 11.2 Å². The molecule has 5 heteroatoms. The lowest BCUT2D eigenvalue weighted by Crippen LogP contribution is -2.40. The van der Waals surface area contributed by atoms with Crippen LogP contribution in [0.2, 0.25) is 0 Å². The maximum absolute atomic E-state index is 10.1. The lowest BCUT2D eigenvalue weighted by atomic mass is 10.7. The molecule has 0 unspecified atom stereocenters. The Hall–Kier alpha value is -0.810. The summed E-state index contributed by atoms with van der Waals surface area (Å²) >= 11 is 0. The molecule has 0 saturated carbocycles. The average molecular weight is 119 g/mol. The predicted molar refractivity (Wildman–Crippen MR) is 27.8 cm³/mol. The number of nitrogens with one attached hydrogen (secondary N) is 2. The van der Waals surface area contributed by atoms with Crippen LogP contribution in [0.5, 0.6) is 0 Å². The molecule has 0 aliphatic carbocycles. The maximum atomic E-state index is 10.1. The monoisotopic (exact) mass is 119 g/mol. The predicted octanol–water partition coefficient (Wildman–Crippen LogP) is -1.85. The zero-order valence-corrected chi connectivity index (χ0v) is 4.35. The summed E-state index contributed by atoms with van der Waals surface area (Å²) in [5, 5.41) is 10.4. The summed E-state index contributed by atoms with van der Waals surface area (Å²) in [5.74, 6) is 4.67. The Morgan fingerprint density at radius 2 is 2.38 bits per heavy atom. The smallest absolute Gasteiger partial charge is 0.328 e. The normalized spacial score (nSPS) is 8.25. The van der Waals surface area contributed by atoms with Gasteiger partial charge in [-0.3, -0.25) is 5.43 Å². The van der Waals surface area contributed by atoms with Crippen molar-refractivity contribution in [1.29, 1.82) is 0 Å². The highest BCUT2D eigenvalue weighted by Crippen LogP contribution is 1.56. The van der Waals surface area contributed by atoms with E-state index < -0.39 is 6.03 Å². The Labute approximate surface area is 46.8 Å². The highest BCUT2D eigenvalue weighted by atomic mass is 16.3. The molecule has 0 bridgehead atoms. The number of hydrogen-bond donors (Lipinski definition) is 4. The van der Waals surface area contributed by atoms with Crippen LogP contribution >= 0.6 is 0 Å². The van der Waals surface area contributed by atoms with Crippen molar-refractivity contribution in [3.05, 3.63) is 0 Å². The van der Waals surface area contributed by atoms with Crippen molar-refractivity contribution in [3.8, 4) is 0 Å². The molecule has 0 atom stereocenters. The number of carbonyl (C=O) groups is 1. The maximum Gasteiger partial charge on any atom is 0.328 e. The second kappa shape index (κ2) is 4.35. The van der Waals surface area contributed by atoms with Gasteiger partial charge >= 0.3 is 6.03 Å². The van der Waals surface area contributed by atoms with Crippen molar-refractivity contribution in [3.63, 3.8) is 0 Å². The van der Waals surface area contributed by atoms with Gasteiger partial charge < -0.3 is 10.4 Å². The third kappa shape index (κ3) is 3.38. The largest absolute Gasteiger partial charge is 0.395 e. The van der Waals surface area contributed by atoms with E-state index >= 15 is 0 Å². The Balaban J connectivity index is 2.99. The van der Waals surface area contributed by atoms with Gasteiger partial charge in [0.15, 0.2) is 0 Å². The van der Waals surface area contributed by atoms with Gasteiger partial charge in [0.25, 0.3) is 0 Å². The van der Waals surface area contributed by atoms with Gasteiger partial charge in [-0.15, -0.1) is 0 Å². The Kier molecular flexibility index (Phi) is 3.91. The summed E-state index contributed by atoms with van der Waals surface area (Å²) in [7, 11) is 0. The molecule has 0 aromatic heterocycles. The first-order valence-electron chi connectivity index (χ1n) is 2.16. The van der Waals surface area contributed by atoms with E-state index in [0.29, 0.717) is 0 Å². The van der Waals surface area contributed by atoms with Gasteiger partial charge in [0.1, 0.15) is 0 Å². The van der Waals surface area contributed by atoms with Crippen LogP contribution in [0.1, 0.15) is 0 Å². The van der Waals surface area contributed by atoms with E-state index in [1.807, 2.05) is 5.43 Å². The van der Waals surface area contributed by atoms with Gasteiger partial charge in [-0.05, 0) is 0 Å². The van der Waals surface area contributed by atoms with Gasteiger partial charge in [-0.1, -0.05) is 0 Å². The van der Waals surface area contributed by atoms with Crippen LogP contribution in [0.15, 0.2) is 0 Å². The first-order valence-corrected chi connectivity index (χ1v) is 2.16. The Morgan fingerprint density at radius 3 is 2.75 bits per heavy atom. The fraction of sp³-hybridized carbons (Fsp3) is 0.667. The Morgan fingerprint density at radius 1 is 1.75 bits per heavy atom.